The van der Waals surface area contributed by atoms with Gasteiger partial charge in [-0.15, -0.1) is 0 Å². The topological polar surface area (TPSA) is 17.8 Å². The molecule has 0 saturated heterocycles. The second-order valence-corrected chi connectivity index (χ2v) is 15.6. The van der Waals surface area contributed by atoms with Crippen LogP contribution in [0.2, 0.25) is 0 Å². The monoisotopic (exact) mass is 764 g/mol. The normalized spacial score (nSPS) is 16.5. The predicted molar refractivity (Wildman–Crippen MR) is 253 cm³/mol. The number of para-hydroxylation sites is 1. The zero-order valence-corrected chi connectivity index (χ0v) is 33.1. The second kappa shape index (κ2) is 14.8. The Morgan fingerprint density at radius 1 is 0.483 bits per heavy atom. The van der Waals surface area contributed by atoms with Crippen molar-refractivity contribution >= 4 is 60.1 Å². The van der Waals surface area contributed by atoms with E-state index in [-0.39, 0.29) is 0 Å². The molecule has 2 heteroatoms. The molecular formula is C58H40N2. The highest BCUT2D eigenvalue weighted by atomic mass is 15.0. The summed E-state index contributed by atoms with van der Waals surface area (Å²) in [5.41, 5.74) is 13.4. The minimum Gasteiger partial charge on any atom is -0.309 e. The molecule has 1 aliphatic rings. The fourth-order valence-corrected chi connectivity index (χ4v) is 9.19. The van der Waals surface area contributed by atoms with Crippen molar-refractivity contribution in [1.29, 1.82) is 0 Å². The van der Waals surface area contributed by atoms with E-state index in [2.05, 4.69) is 217 Å². The molecule has 0 amide bonds. The SMILES string of the molecule is C=C1/C=C(c2ccc3c(c2)c2c(-c4ccccc4)nccc2n3-c2ccccc2)\C=C/C/C(c2ccc3ccccc3c2)=c2/cccc/c2=C/1c1ccc2ccccc2c1. The largest absolute Gasteiger partial charge is 0.309 e. The molecule has 2 nitrogen and oxygen atoms in total. The highest BCUT2D eigenvalue weighted by Crippen LogP contribution is 2.39. The van der Waals surface area contributed by atoms with Gasteiger partial charge in [0, 0.05) is 28.2 Å². The fourth-order valence-electron chi connectivity index (χ4n) is 9.19. The first-order chi connectivity index (χ1) is 29.7. The van der Waals surface area contributed by atoms with Gasteiger partial charge in [0.2, 0.25) is 0 Å². The van der Waals surface area contributed by atoms with E-state index in [4.69, 9.17) is 11.6 Å². The lowest BCUT2D eigenvalue weighted by molar-refractivity contribution is 1.17. The molecule has 0 spiro atoms. The maximum absolute atomic E-state index is 5.02. The van der Waals surface area contributed by atoms with Crippen LogP contribution < -0.4 is 10.4 Å². The molecule has 10 aromatic rings. The van der Waals surface area contributed by atoms with Gasteiger partial charge in [0.25, 0.3) is 0 Å². The molecule has 2 heterocycles. The number of rotatable bonds is 5. The van der Waals surface area contributed by atoms with Crippen molar-refractivity contribution in [2.75, 3.05) is 0 Å². The highest BCUT2D eigenvalue weighted by molar-refractivity contribution is 6.15. The van der Waals surface area contributed by atoms with Crippen LogP contribution in [0.1, 0.15) is 23.1 Å². The molecule has 0 unspecified atom stereocenters. The molecular weight excluding hydrogens is 725 g/mol. The molecule has 0 N–H and O–H groups in total. The van der Waals surface area contributed by atoms with Crippen LogP contribution in [0.5, 0.6) is 0 Å². The van der Waals surface area contributed by atoms with Gasteiger partial charge < -0.3 is 4.57 Å². The van der Waals surface area contributed by atoms with Crippen molar-refractivity contribution < 1.29 is 0 Å². The van der Waals surface area contributed by atoms with E-state index in [1.165, 1.54) is 43.1 Å². The van der Waals surface area contributed by atoms with E-state index in [9.17, 15) is 0 Å². The van der Waals surface area contributed by atoms with E-state index >= 15 is 0 Å². The molecule has 60 heavy (non-hydrogen) atoms. The van der Waals surface area contributed by atoms with Gasteiger partial charge in [0.1, 0.15) is 0 Å². The zero-order chi connectivity index (χ0) is 40.0. The average Bonchev–Trinajstić information content (AvgIpc) is 3.64. The molecule has 0 saturated carbocycles. The summed E-state index contributed by atoms with van der Waals surface area (Å²) in [6.45, 7) is 4.88. The molecule has 11 rings (SSSR count). The van der Waals surface area contributed by atoms with Crippen molar-refractivity contribution in [3.8, 4) is 16.9 Å². The van der Waals surface area contributed by atoms with Crippen LogP contribution >= 0.6 is 0 Å². The summed E-state index contributed by atoms with van der Waals surface area (Å²) in [4.78, 5) is 5.02. The van der Waals surface area contributed by atoms with E-state index < -0.39 is 0 Å². The van der Waals surface area contributed by atoms with Crippen LogP contribution in [-0.4, -0.2) is 9.55 Å². The van der Waals surface area contributed by atoms with Gasteiger partial charge in [-0.05, 0) is 126 Å². The Labute approximate surface area is 349 Å². The van der Waals surface area contributed by atoms with Gasteiger partial charge in [-0.1, -0.05) is 170 Å². The standard InChI is InChI=1S/C58H40N2/c1-39-35-43(46-31-32-54-53(38-46)57-55(60(54)49-22-6-3-7-23-49)33-34-59-58(57)42-17-4-2-5-18-42)21-14-26-50(47-29-27-40-15-8-10-19-44(40)36-47)51-24-12-13-25-52(51)56(39)48-30-28-41-16-9-11-20-45(41)37-48/h2-25,27-38H,1,26H2/b21-14-,43-35+,51-50+,56-52+. The third-order valence-corrected chi connectivity index (χ3v) is 12.0. The quantitative estimate of drug-likeness (QED) is 0.171. The Morgan fingerprint density at radius 3 is 1.85 bits per heavy atom. The third kappa shape index (κ3) is 6.18. The average molecular weight is 765 g/mol. The summed E-state index contributed by atoms with van der Waals surface area (Å²) < 4.78 is 2.37. The van der Waals surface area contributed by atoms with Crippen LogP contribution in [-0.2, 0) is 0 Å². The Hall–Kier alpha value is -7.81. The maximum atomic E-state index is 5.02. The lowest BCUT2D eigenvalue weighted by Crippen LogP contribution is -2.30. The molecule has 2 aromatic heterocycles. The fraction of sp³-hybridized carbons (Fsp3) is 0.0172. The lowest BCUT2D eigenvalue weighted by atomic mass is 9.88. The summed E-state index contributed by atoms with van der Waals surface area (Å²) in [6.07, 6.45) is 9.60. The summed E-state index contributed by atoms with van der Waals surface area (Å²) in [7, 11) is 0. The first kappa shape index (κ1) is 35.4. The Kier molecular flexibility index (Phi) is 8.75. The maximum Gasteiger partial charge on any atom is 0.0802 e. The van der Waals surface area contributed by atoms with Crippen LogP contribution in [0.3, 0.4) is 0 Å². The van der Waals surface area contributed by atoms with Crippen LogP contribution in [0, 0.1) is 0 Å². The van der Waals surface area contributed by atoms with Crippen molar-refractivity contribution in [1.82, 2.24) is 9.55 Å². The first-order valence-electron chi connectivity index (χ1n) is 20.6. The number of benzene rings is 8. The van der Waals surface area contributed by atoms with E-state index in [0.29, 0.717) is 0 Å². The number of allylic oxidation sites excluding steroid dienone is 5. The predicted octanol–water partition coefficient (Wildman–Crippen LogP) is 13.1. The number of hydrogen-bond donors (Lipinski definition) is 0. The van der Waals surface area contributed by atoms with Crippen LogP contribution in [0.25, 0.3) is 77.0 Å². The van der Waals surface area contributed by atoms with Gasteiger partial charge in [-0.2, -0.15) is 0 Å². The van der Waals surface area contributed by atoms with Gasteiger partial charge in [-0.25, -0.2) is 0 Å². The van der Waals surface area contributed by atoms with Crippen LogP contribution in [0.15, 0.2) is 231 Å². The van der Waals surface area contributed by atoms with Crippen molar-refractivity contribution in [3.63, 3.8) is 0 Å². The third-order valence-electron chi connectivity index (χ3n) is 12.0. The second-order valence-electron chi connectivity index (χ2n) is 15.6. The van der Waals surface area contributed by atoms with Crippen LogP contribution in [0.4, 0.5) is 0 Å². The Bertz CT molecular complexity index is 3510. The minimum atomic E-state index is 0.752. The molecule has 0 atom stereocenters. The van der Waals surface area contributed by atoms with E-state index in [1.54, 1.807) is 0 Å². The van der Waals surface area contributed by atoms with Gasteiger partial charge in [-0.3, -0.25) is 4.98 Å². The van der Waals surface area contributed by atoms with Crippen molar-refractivity contribution in [2.24, 2.45) is 0 Å². The number of pyridine rings is 1. The summed E-state index contributed by atoms with van der Waals surface area (Å²) >= 11 is 0. The van der Waals surface area contributed by atoms with E-state index in [1.807, 2.05) is 6.20 Å². The number of hydrogen-bond acceptors (Lipinski definition) is 1. The molecule has 0 aliphatic heterocycles. The zero-order valence-electron chi connectivity index (χ0n) is 33.1. The molecule has 0 fully saturated rings. The van der Waals surface area contributed by atoms with Gasteiger partial charge in [0.15, 0.2) is 0 Å². The Balaban J connectivity index is 1.17. The van der Waals surface area contributed by atoms with E-state index in [0.717, 1.165) is 73.0 Å². The molecule has 282 valence electrons. The molecule has 0 bridgehead atoms. The molecule has 0 radical (unpaired) electrons. The number of aromatic nitrogens is 2. The minimum absolute atomic E-state index is 0.752. The van der Waals surface area contributed by atoms with Crippen molar-refractivity contribution in [2.45, 2.75) is 6.42 Å². The molecule has 1 aliphatic carbocycles. The highest BCUT2D eigenvalue weighted by Gasteiger charge is 2.19. The number of nitrogens with zero attached hydrogens (tertiary/aromatic N) is 2. The number of fused-ring (bicyclic) bond motifs is 6. The van der Waals surface area contributed by atoms with Crippen molar-refractivity contribution in [3.05, 3.63) is 258 Å². The Morgan fingerprint density at radius 2 is 1.10 bits per heavy atom. The summed E-state index contributed by atoms with van der Waals surface area (Å²) in [6, 6.07) is 70.0. The summed E-state index contributed by atoms with van der Waals surface area (Å²) in [5, 5.41) is 9.58. The first-order valence-corrected chi connectivity index (χ1v) is 20.6. The molecule has 8 aromatic carbocycles. The van der Waals surface area contributed by atoms with Gasteiger partial charge in [0.05, 0.1) is 16.7 Å². The smallest absolute Gasteiger partial charge is 0.0802 e. The van der Waals surface area contributed by atoms with Gasteiger partial charge >= 0.3 is 0 Å². The summed E-state index contributed by atoms with van der Waals surface area (Å²) in [5.74, 6) is 0. The lowest BCUT2D eigenvalue weighted by Gasteiger charge is -2.16.